The molecule has 2 aromatic heterocycles. The minimum absolute atomic E-state index is 0.214. The summed E-state index contributed by atoms with van der Waals surface area (Å²) < 4.78 is 5.34. The van der Waals surface area contributed by atoms with Crippen LogP contribution in [0, 0.1) is 13.8 Å². The number of hydrogen-bond acceptors (Lipinski definition) is 5. The van der Waals surface area contributed by atoms with Crippen molar-refractivity contribution in [1.29, 1.82) is 0 Å². The van der Waals surface area contributed by atoms with Gasteiger partial charge in [-0.05, 0) is 37.6 Å². The van der Waals surface area contributed by atoms with E-state index in [2.05, 4.69) is 20.6 Å². The first-order valence-corrected chi connectivity index (χ1v) is 6.99. The van der Waals surface area contributed by atoms with Crippen LogP contribution in [0.4, 0.5) is 5.82 Å². The molecule has 0 aliphatic heterocycles. The van der Waals surface area contributed by atoms with E-state index in [9.17, 15) is 4.79 Å². The van der Waals surface area contributed by atoms with Crippen molar-refractivity contribution in [2.75, 3.05) is 19.5 Å². The quantitative estimate of drug-likeness (QED) is 0.884. The highest BCUT2D eigenvalue weighted by molar-refractivity contribution is 5.92. The van der Waals surface area contributed by atoms with Crippen LogP contribution in [0.2, 0.25) is 0 Å². The Balaban J connectivity index is 2.19. The van der Waals surface area contributed by atoms with E-state index < -0.39 is 0 Å². The summed E-state index contributed by atoms with van der Waals surface area (Å²) in [7, 11) is 3.19. The molecule has 2 heterocycles. The van der Waals surface area contributed by atoms with Crippen LogP contribution in [0.1, 0.15) is 27.3 Å². The SMILES string of the molecule is CNC(=O)c1cccc(NCc2c(C)cc(C)nc2OC)n1. The third-order valence-corrected chi connectivity index (χ3v) is 3.29. The third kappa shape index (κ3) is 3.52. The average molecular weight is 300 g/mol. The van der Waals surface area contributed by atoms with Crippen molar-refractivity contribution in [1.82, 2.24) is 15.3 Å². The molecule has 0 aromatic carbocycles. The van der Waals surface area contributed by atoms with Crippen molar-refractivity contribution in [3.8, 4) is 5.88 Å². The zero-order chi connectivity index (χ0) is 16.1. The summed E-state index contributed by atoms with van der Waals surface area (Å²) in [5.74, 6) is 1.02. The monoisotopic (exact) mass is 300 g/mol. The van der Waals surface area contributed by atoms with E-state index in [1.54, 1.807) is 26.3 Å². The van der Waals surface area contributed by atoms with Gasteiger partial charge in [-0.3, -0.25) is 4.79 Å². The lowest BCUT2D eigenvalue weighted by molar-refractivity contribution is 0.0958. The standard InChI is InChI=1S/C16H20N4O2/c1-10-8-11(2)19-16(22-4)12(10)9-18-14-7-5-6-13(20-14)15(21)17-3/h5-8H,9H2,1-4H3,(H,17,21)(H,18,20). The third-order valence-electron chi connectivity index (χ3n) is 3.29. The number of rotatable bonds is 5. The molecule has 0 atom stereocenters. The Hall–Kier alpha value is -2.63. The maximum atomic E-state index is 11.6. The molecule has 1 amide bonds. The topological polar surface area (TPSA) is 76.1 Å². The first kappa shape index (κ1) is 15.8. The van der Waals surface area contributed by atoms with Gasteiger partial charge in [0.2, 0.25) is 5.88 Å². The number of aryl methyl sites for hydroxylation is 2. The summed E-state index contributed by atoms with van der Waals surface area (Å²) >= 11 is 0. The predicted molar refractivity (Wildman–Crippen MR) is 85.2 cm³/mol. The van der Waals surface area contributed by atoms with Gasteiger partial charge in [0, 0.05) is 24.8 Å². The number of hydrogen-bond donors (Lipinski definition) is 2. The molecule has 0 aliphatic rings. The van der Waals surface area contributed by atoms with Crippen molar-refractivity contribution >= 4 is 11.7 Å². The molecule has 0 bridgehead atoms. The Bertz CT molecular complexity index is 686. The second-order valence-electron chi connectivity index (χ2n) is 4.91. The molecule has 0 saturated carbocycles. The molecule has 0 radical (unpaired) electrons. The number of carbonyl (C=O) groups is 1. The molecule has 0 fully saturated rings. The molecule has 2 rings (SSSR count). The Morgan fingerprint density at radius 1 is 1.27 bits per heavy atom. The second-order valence-corrected chi connectivity index (χ2v) is 4.91. The highest BCUT2D eigenvalue weighted by Crippen LogP contribution is 2.21. The molecule has 0 spiro atoms. The van der Waals surface area contributed by atoms with E-state index >= 15 is 0 Å². The molecule has 0 saturated heterocycles. The number of carbonyl (C=O) groups excluding carboxylic acids is 1. The van der Waals surface area contributed by atoms with Gasteiger partial charge in [0.25, 0.3) is 5.91 Å². The van der Waals surface area contributed by atoms with Crippen molar-refractivity contribution in [2.45, 2.75) is 20.4 Å². The van der Waals surface area contributed by atoms with E-state index in [4.69, 9.17) is 4.74 Å². The average Bonchev–Trinajstić information content (AvgIpc) is 2.52. The fraction of sp³-hybridized carbons (Fsp3) is 0.312. The predicted octanol–water partition coefficient (Wildman–Crippen LogP) is 2.07. The molecule has 22 heavy (non-hydrogen) atoms. The van der Waals surface area contributed by atoms with E-state index in [-0.39, 0.29) is 5.91 Å². The van der Waals surface area contributed by atoms with Gasteiger partial charge in [-0.15, -0.1) is 0 Å². The van der Waals surface area contributed by atoms with Gasteiger partial charge in [-0.1, -0.05) is 6.07 Å². The smallest absolute Gasteiger partial charge is 0.269 e. The summed E-state index contributed by atoms with van der Waals surface area (Å²) in [6.45, 7) is 4.47. The Morgan fingerprint density at radius 3 is 2.73 bits per heavy atom. The second kappa shape index (κ2) is 6.89. The Kier molecular flexibility index (Phi) is 4.93. The lowest BCUT2D eigenvalue weighted by atomic mass is 10.1. The van der Waals surface area contributed by atoms with Crippen molar-refractivity contribution < 1.29 is 9.53 Å². The van der Waals surface area contributed by atoms with E-state index in [1.807, 2.05) is 26.0 Å². The number of nitrogens with zero attached hydrogens (tertiary/aromatic N) is 2. The molecule has 6 heteroatoms. The zero-order valence-electron chi connectivity index (χ0n) is 13.2. The first-order valence-electron chi connectivity index (χ1n) is 6.99. The fourth-order valence-corrected chi connectivity index (χ4v) is 2.18. The van der Waals surface area contributed by atoms with Crippen LogP contribution in [-0.4, -0.2) is 30.0 Å². The van der Waals surface area contributed by atoms with E-state index in [1.165, 1.54) is 0 Å². The lowest BCUT2D eigenvalue weighted by Gasteiger charge is -2.13. The van der Waals surface area contributed by atoms with Gasteiger partial charge in [-0.25, -0.2) is 9.97 Å². The molecular weight excluding hydrogens is 280 g/mol. The number of ether oxygens (including phenoxy) is 1. The van der Waals surface area contributed by atoms with Crippen molar-refractivity contribution in [2.24, 2.45) is 0 Å². The van der Waals surface area contributed by atoms with Crippen molar-refractivity contribution in [3.05, 3.63) is 46.8 Å². The number of nitrogens with one attached hydrogen (secondary N) is 2. The van der Waals surface area contributed by atoms with E-state index in [0.29, 0.717) is 23.9 Å². The molecular formula is C16H20N4O2. The summed E-state index contributed by atoms with van der Waals surface area (Å²) in [4.78, 5) is 20.3. The summed E-state index contributed by atoms with van der Waals surface area (Å²) in [6, 6.07) is 7.28. The number of methoxy groups -OCH3 is 1. The van der Waals surface area contributed by atoms with Crippen LogP contribution in [0.3, 0.4) is 0 Å². The van der Waals surface area contributed by atoms with Gasteiger partial charge in [0.15, 0.2) is 0 Å². The number of aromatic nitrogens is 2. The lowest BCUT2D eigenvalue weighted by Crippen LogP contribution is -2.19. The fourth-order valence-electron chi connectivity index (χ4n) is 2.18. The number of amides is 1. The molecule has 2 aromatic rings. The van der Waals surface area contributed by atoms with Crippen LogP contribution in [0.25, 0.3) is 0 Å². The summed E-state index contributed by atoms with van der Waals surface area (Å²) in [5, 5.41) is 5.76. The van der Waals surface area contributed by atoms with Gasteiger partial charge in [-0.2, -0.15) is 0 Å². The first-order chi connectivity index (χ1) is 10.5. The van der Waals surface area contributed by atoms with Gasteiger partial charge in [0.05, 0.1) is 7.11 Å². The van der Waals surface area contributed by atoms with Gasteiger partial charge < -0.3 is 15.4 Å². The number of anilines is 1. The zero-order valence-corrected chi connectivity index (χ0v) is 13.2. The molecule has 6 nitrogen and oxygen atoms in total. The minimum atomic E-state index is -0.214. The van der Waals surface area contributed by atoms with Gasteiger partial charge in [0.1, 0.15) is 11.5 Å². The largest absolute Gasteiger partial charge is 0.481 e. The normalized spacial score (nSPS) is 10.2. The Labute approximate surface area is 129 Å². The van der Waals surface area contributed by atoms with Crippen molar-refractivity contribution in [3.63, 3.8) is 0 Å². The van der Waals surface area contributed by atoms with Crippen LogP contribution >= 0.6 is 0 Å². The van der Waals surface area contributed by atoms with Crippen LogP contribution in [0.5, 0.6) is 5.88 Å². The van der Waals surface area contributed by atoms with E-state index in [0.717, 1.165) is 16.8 Å². The minimum Gasteiger partial charge on any atom is -0.481 e. The number of pyridine rings is 2. The van der Waals surface area contributed by atoms with Crippen LogP contribution in [-0.2, 0) is 6.54 Å². The van der Waals surface area contributed by atoms with Gasteiger partial charge >= 0.3 is 0 Å². The van der Waals surface area contributed by atoms with Crippen LogP contribution < -0.4 is 15.4 Å². The maximum Gasteiger partial charge on any atom is 0.269 e. The summed E-state index contributed by atoms with van der Waals surface area (Å²) in [5.41, 5.74) is 3.36. The molecule has 2 N–H and O–H groups in total. The summed E-state index contributed by atoms with van der Waals surface area (Å²) in [6.07, 6.45) is 0. The molecule has 0 aliphatic carbocycles. The maximum absolute atomic E-state index is 11.6. The molecule has 116 valence electrons. The molecule has 0 unspecified atom stereocenters. The van der Waals surface area contributed by atoms with Crippen LogP contribution in [0.15, 0.2) is 24.3 Å². The highest BCUT2D eigenvalue weighted by atomic mass is 16.5. The highest BCUT2D eigenvalue weighted by Gasteiger charge is 2.10. The Morgan fingerprint density at radius 2 is 2.05 bits per heavy atom.